The Bertz CT molecular complexity index is 1400. The van der Waals surface area contributed by atoms with Gasteiger partial charge in [-0.25, -0.2) is 17.8 Å². The van der Waals surface area contributed by atoms with Gasteiger partial charge < -0.3 is 5.32 Å². The number of aromatic nitrogens is 3. The number of rotatable bonds is 7. The van der Waals surface area contributed by atoms with E-state index in [9.17, 15) is 12.8 Å². The summed E-state index contributed by atoms with van der Waals surface area (Å²) in [6.07, 6.45) is 3.06. The monoisotopic (exact) mass is 452 g/mol. The molecule has 0 saturated carbocycles. The molecule has 0 amide bonds. The van der Waals surface area contributed by atoms with E-state index in [4.69, 9.17) is 0 Å². The topological polar surface area (TPSA) is 101 Å². The number of benzene rings is 2. The van der Waals surface area contributed by atoms with Crippen molar-refractivity contribution in [1.29, 1.82) is 0 Å². The highest BCUT2D eigenvalue weighted by molar-refractivity contribution is 7.92. The molecule has 0 spiro atoms. The highest BCUT2D eigenvalue weighted by atomic mass is 32.2. The molecule has 0 fully saturated rings. The molecule has 0 radical (unpaired) electrons. The number of hydrazone groups is 1. The summed E-state index contributed by atoms with van der Waals surface area (Å²) in [5.41, 5.74) is 4.37. The van der Waals surface area contributed by atoms with Crippen LogP contribution < -0.4 is 10.7 Å². The number of halogens is 1. The molecule has 0 aliphatic carbocycles. The molecule has 4 aromatic rings. The lowest BCUT2D eigenvalue weighted by molar-refractivity contribution is 0.587. The number of hydrogen-bond donors (Lipinski definition) is 2. The Morgan fingerprint density at radius 1 is 1.09 bits per heavy atom. The molecular formula is C22H21FN6O2S. The Labute approximate surface area is 184 Å². The van der Waals surface area contributed by atoms with Crippen LogP contribution in [0.5, 0.6) is 0 Å². The summed E-state index contributed by atoms with van der Waals surface area (Å²) in [6, 6.07) is 16.1. The van der Waals surface area contributed by atoms with Crippen LogP contribution in [0.1, 0.15) is 19.4 Å². The molecular weight excluding hydrogens is 431 g/mol. The number of nitrogens with zero attached hydrogens (tertiary/aromatic N) is 4. The molecule has 0 atom stereocenters. The van der Waals surface area contributed by atoms with Gasteiger partial charge in [0, 0.05) is 12.1 Å². The van der Waals surface area contributed by atoms with E-state index < -0.39 is 15.1 Å². The fourth-order valence-electron chi connectivity index (χ4n) is 3.03. The number of anilines is 3. The van der Waals surface area contributed by atoms with Gasteiger partial charge in [0.25, 0.3) is 0 Å². The molecule has 4 rings (SSSR count). The Hall–Kier alpha value is -3.79. The van der Waals surface area contributed by atoms with E-state index in [0.717, 1.165) is 0 Å². The van der Waals surface area contributed by atoms with Crippen molar-refractivity contribution >= 4 is 39.0 Å². The molecule has 0 aliphatic heterocycles. The van der Waals surface area contributed by atoms with Gasteiger partial charge in [0.2, 0.25) is 0 Å². The van der Waals surface area contributed by atoms with Gasteiger partial charge in [0.15, 0.2) is 21.3 Å². The molecule has 2 heterocycles. The third kappa shape index (κ3) is 4.45. The van der Waals surface area contributed by atoms with Crippen LogP contribution in [0.2, 0.25) is 0 Å². The van der Waals surface area contributed by atoms with E-state index in [1.54, 1.807) is 73.1 Å². The predicted molar refractivity (Wildman–Crippen MR) is 123 cm³/mol. The van der Waals surface area contributed by atoms with E-state index in [1.165, 1.54) is 18.3 Å². The molecule has 2 aromatic carbocycles. The lowest BCUT2D eigenvalue weighted by atomic mass is 10.2. The zero-order valence-corrected chi connectivity index (χ0v) is 18.2. The summed E-state index contributed by atoms with van der Waals surface area (Å²) in [6.45, 7) is 3.28. The molecule has 0 unspecified atom stereocenters. The fourth-order valence-corrected chi connectivity index (χ4v) is 4.23. The van der Waals surface area contributed by atoms with Crippen molar-refractivity contribution in [2.75, 3.05) is 10.7 Å². The minimum Gasteiger partial charge on any atom is -0.339 e. The first-order valence-electron chi connectivity index (χ1n) is 9.84. The zero-order valence-electron chi connectivity index (χ0n) is 17.4. The van der Waals surface area contributed by atoms with Crippen molar-refractivity contribution in [3.63, 3.8) is 0 Å². The van der Waals surface area contributed by atoms with Gasteiger partial charge in [-0.2, -0.15) is 14.7 Å². The van der Waals surface area contributed by atoms with Crippen molar-refractivity contribution in [3.8, 4) is 0 Å². The summed E-state index contributed by atoms with van der Waals surface area (Å²) in [4.78, 5) is 4.63. The lowest BCUT2D eigenvalue weighted by Crippen LogP contribution is -2.16. The van der Waals surface area contributed by atoms with Crippen molar-refractivity contribution in [1.82, 2.24) is 14.6 Å². The second kappa shape index (κ2) is 8.75. The normalized spacial score (nSPS) is 12.0. The molecule has 164 valence electrons. The molecule has 0 bridgehead atoms. The molecule has 8 nitrogen and oxygen atoms in total. The lowest BCUT2D eigenvalue weighted by Gasteiger charge is -2.15. The number of nitrogens with one attached hydrogen (secondary N) is 2. The van der Waals surface area contributed by atoms with Crippen LogP contribution in [0.25, 0.3) is 5.65 Å². The van der Waals surface area contributed by atoms with E-state index in [1.807, 2.05) is 0 Å². The van der Waals surface area contributed by atoms with Gasteiger partial charge in [0.1, 0.15) is 11.6 Å². The first-order valence-corrected chi connectivity index (χ1v) is 11.4. The minimum absolute atomic E-state index is 0.200. The highest BCUT2D eigenvalue weighted by Gasteiger charge is 2.23. The van der Waals surface area contributed by atoms with Crippen LogP contribution >= 0.6 is 0 Å². The standard InChI is InChI=1S/C22H21FN6O2S/c1-15(2)32(30,31)19-9-4-3-8-18(19)26-22-13-20(27-21-10-11-25-29(21)22)28-24-14-16-6-5-7-17(23)12-16/h3-15,26H,1-2H3,(H,27,28)/b24-14+. The highest BCUT2D eigenvalue weighted by Crippen LogP contribution is 2.28. The number of hydrogen-bond acceptors (Lipinski definition) is 7. The van der Waals surface area contributed by atoms with Crippen molar-refractivity contribution in [2.45, 2.75) is 24.0 Å². The summed E-state index contributed by atoms with van der Waals surface area (Å²) in [5, 5.41) is 11.0. The van der Waals surface area contributed by atoms with Crippen LogP contribution in [0.4, 0.5) is 21.7 Å². The Morgan fingerprint density at radius 2 is 1.91 bits per heavy atom. The van der Waals surface area contributed by atoms with Gasteiger partial charge in [0.05, 0.1) is 28.2 Å². The van der Waals surface area contributed by atoms with Crippen LogP contribution in [-0.2, 0) is 9.84 Å². The molecule has 0 aliphatic rings. The Kier molecular flexibility index (Phi) is 5.87. The van der Waals surface area contributed by atoms with E-state index in [0.29, 0.717) is 28.5 Å². The number of fused-ring (bicyclic) bond motifs is 1. The first-order chi connectivity index (χ1) is 15.3. The maximum atomic E-state index is 13.3. The molecule has 0 saturated heterocycles. The van der Waals surface area contributed by atoms with E-state index >= 15 is 0 Å². The van der Waals surface area contributed by atoms with Gasteiger partial charge in [-0.1, -0.05) is 24.3 Å². The van der Waals surface area contributed by atoms with Crippen molar-refractivity contribution < 1.29 is 12.8 Å². The molecule has 32 heavy (non-hydrogen) atoms. The number of sulfone groups is 1. The zero-order chi connectivity index (χ0) is 22.7. The average molecular weight is 453 g/mol. The van der Waals surface area contributed by atoms with Crippen molar-refractivity contribution in [2.24, 2.45) is 5.10 Å². The molecule has 10 heteroatoms. The third-order valence-corrected chi connectivity index (χ3v) is 6.89. The molecule has 2 N–H and O–H groups in total. The third-order valence-electron chi connectivity index (χ3n) is 4.68. The fraction of sp³-hybridized carbons (Fsp3) is 0.136. The molecule has 2 aromatic heterocycles. The van der Waals surface area contributed by atoms with Crippen LogP contribution in [0.15, 0.2) is 76.9 Å². The van der Waals surface area contributed by atoms with Crippen molar-refractivity contribution in [3.05, 3.63) is 78.2 Å². The SMILES string of the molecule is CC(C)S(=O)(=O)c1ccccc1Nc1cc(N/N=C/c2cccc(F)c2)nc2ccnn12. The van der Waals surface area contributed by atoms with Gasteiger partial charge in [-0.3, -0.25) is 5.43 Å². The second-order valence-corrected chi connectivity index (χ2v) is 9.74. The summed E-state index contributed by atoms with van der Waals surface area (Å²) in [7, 11) is -3.50. The van der Waals surface area contributed by atoms with Crippen LogP contribution in [0, 0.1) is 5.82 Å². The van der Waals surface area contributed by atoms with Crippen LogP contribution in [-0.4, -0.2) is 34.5 Å². The second-order valence-electron chi connectivity index (χ2n) is 7.27. The quantitative estimate of drug-likeness (QED) is 0.321. The minimum atomic E-state index is -3.50. The van der Waals surface area contributed by atoms with E-state index in [-0.39, 0.29) is 10.7 Å². The summed E-state index contributed by atoms with van der Waals surface area (Å²) < 4.78 is 40.5. The van der Waals surface area contributed by atoms with Crippen LogP contribution in [0.3, 0.4) is 0 Å². The van der Waals surface area contributed by atoms with Gasteiger partial charge in [-0.05, 0) is 43.7 Å². The van der Waals surface area contributed by atoms with Gasteiger partial charge >= 0.3 is 0 Å². The summed E-state index contributed by atoms with van der Waals surface area (Å²) >= 11 is 0. The maximum Gasteiger partial charge on any atom is 0.182 e. The summed E-state index contributed by atoms with van der Waals surface area (Å²) in [5.74, 6) is 0.543. The van der Waals surface area contributed by atoms with Gasteiger partial charge in [-0.15, -0.1) is 0 Å². The maximum absolute atomic E-state index is 13.3. The Balaban J connectivity index is 1.67. The smallest absolute Gasteiger partial charge is 0.182 e. The Morgan fingerprint density at radius 3 is 2.69 bits per heavy atom. The predicted octanol–water partition coefficient (Wildman–Crippen LogP) is 4.24. The number of para-hydroxylation sites is 1. The first kappa shape index (κ1) is 21.4. The average Bonchev–Trinajstić information content (AvgIpc) is 3.23. The largest absolute Gasteiger partial charge is 0.339 e. The van der Waals surface area contributed by atoms with E-state index in [2.05, 4.69) is 25.9 Å².